The first-order valence-corrected chi connectivity index (χ1v) is 9.45. The van der Waals surface area contributed by atoms with Crippen molar-refractivity contribution in [1.82, 2.24) is 0 Å². The highest BCUT2D eigenvalue weighted by atomic mass is 16.5. The van der Waals surface area contributed by atoms with Crippen LogP contribution in [0, 0.1) is 0 Å². The summed E-state index contributed by atoms with van der Waals surface area (Å²) >= 11 is 0. The van der Waals surface area contributed by atoms with E-state index < -0.39 is 23.9 Å². The number of esters is 2. The Kier molecular flexibility index (Phi) is 7.21. The fourth-order valence-corrected chi connectivity index (χ4v) is 2.71. The molecule has 0 aliphatic heterocycles. The summed E-state index contributed by atoms with van der Waals surface area (Å²) in [7, 11) is 2.48. The van der Waals surface area contributed by atoms with Crippen molar-refractivity contribution in [2.45, 2.75) is 39.2 Å². The number of carbonyl (C=O) groups is 3. The zero-order chi connectivity index (χ0) is 22.5. The van der Waals surface area contributed by atoms with Gasteiger partial charge >= 0.3 is 11.9 Å². The van der Waals surface area contributed by atoms with Crippen molar-refractivity contribution in [1.29, 1.82) is 0 Å². The summed E-state index contributed by atoms with van der Waals surface area (Å²) in [6, 6.07) is 11.7. The summed E-state index contributed by atoms with van der Waals surface area (Å²) in [6.45, 7) is 7.93. The topological polar surface area (TPSA) is 90.9 Å². The van der Waals surface area contributed by atoms with Crippen molar-refractivity contribution in [3.63, 3.8) is 0 Å². The molecule has 0 spiro atoms. The predicted octanol–water partition coefficient (Wildman–Crippen LogP) is 3.96. The number of nitrogens with one attached hydrogen (secondary N) is 1. The highest BCUT2D eigenvalue weighted by molar-refractivity contribution is 6.04. The second-order valence-electron chi connectivity index (χ2n) is 7.77. The van der Waals surface area contributed by atoms with Gasteiger partial charge in [0.1, 0.15) is 5.75 Å². The first kappa shape index (κ1) is 22.9. The molecule has 0 aliphatic carbocycles. The maximum absolute atomic E-state index is 12.7. The van der Waals surface area contributed by atoms with Gasteiger partial charge in [0.05, 0.1) is 31.0 Å². The van der Waals surface area contributed by atoms with E-state index in [4.69, 9.17) is 14.2 Å². The van der Waals surface area contributed by atoms with Gasteiger partial charge in [0, 0.05) is 0 Å². The van der Waals surface area contributed by atoms with E-state index in [1.54, 1.807) is 6.92 Å². The number of rotatable bonds is 6. The van der Waals surface area contributed by atoms with Crippen molar-refractivity contribution in [2.24, 2.45) is 0 Å². The summed E-state index contributed by atoms with van der Waals surface area (Å²) in [6.07, 6.45) is -0.849. The third-order valence-corrected chi connectivity index (χ3v) is 4.51. The van der Waals surface area contributed by atoms with E-state index in [0.717, 1.165) is 5.56 Å². The first-order valence-electron chi connectivity index (χ1n) is 9.45. The SMILES string of the molecule is COC(=O)c1ccc(C(=O)OC)c(NC(=O)[C@H](C)Oc2ccc(C(C)(C)C)cc2)c1. The molecule has 0 fully saturated rings. The van der Waals surface area contributed by atoms with Crippen LogP contribution in [0.25, 0.3) is 0 Å². The Morgan fingerprint density at radius 2 is 1.50 bits per heavy atom. The molecule has 0 saturated heterocycles. The van der Waals surface area contributed by atoms with Gasteiger partial charge in [-0.05, 0) is 48.2 Å². The van der Waals surface area contributed by atoms with Crippen LogP contribution in [0.1, 0.15) is 54.0 Å². The molecule has 2 aromatic rings. The number of methoxy groups -OCH3 is 2. The molecule has 2 aromatic carbocycles. The number of amides is 1. The molecule has 160 valence electrons. The molecule has 1 N–H and O–H groups in total. The first-order chi connectivity index (χ1) is 14.1. The summed E-state index contributed by atoms with van der Waals surface area (Å²) in [5.74, 6) is -1.18. The molecule has 0 unspecified atom stereocenters. The average molecular weight is 413 g/mol. The Bertz CT molecular complexity index is 928. The van der Waals surface area contributed by atoms with Crippen LogP contribution in [-0.2, 0) is 19.7 Å². The highest BCUT2D eigenvalue weighted by Crippen LogP contribution is 2.25. The average Bonchev–Trinajstić information content (AvgIpc) is 2.72. The van der Waals surface area contributed by atoms with Gasteiger partial charge in [0.2, 0.25) is 0 Å². The Hall–Kier alpha value is -3.35. The second kappa shape index (κ2) is 9.43. The van der Waals surface area contributed by atoms with E-state index in [-0.39, 0.29) is 22.2 Å². The maximum atomic E-state index is 12.7. The number of anilines is 1. The van der Waals surface area contributed by atoms with E-state index in [9.17, 15) is 14.4 Å². The molecular formula is C23H27NO6. The fraction of sp³-hybridized carbons (Fsp3) is 0.348. The van der Waals surface area contributed by atoms with E-state index >= 15 is 0 Å². The maximum Gasteiger partial charge on any atom is 0.339 e. The van der Waals surface area contributed by atoms with Crippen LogP contribution in [-0.4, -0.2) is 38.2 Å². The second-order valence-corrected chi connectivity index (χ2v) is 7.77. The van der Waals surface area contributed by atoms with Crippen molar-refractivity contribution >= 4 is 23.5 Å². The lowest BCUT2D eigenvalue weighted by molar-refractivity contribution is -0.122. The quantitative estimate of drug-likeness (QED) is 0.721. The molecule has 7 nitrogen and oxygen atoms in total. The third-order valence-electron chi connectivity index (χ3n) is 4.51. The summed E-state index contributed by atoms with van der Waals surface area (Å²) in [5, 5.41) is 2.63. The Labute approximate surface area is 176 Å². The number of benzene rings is 2. The molecule has 0 bridgehead atoms. The number of hydrogen-bond acceptors (Lipinski definition) is 6. The van der Waals surface area contributed by atoms with E-state index in [0.29, 0.717) is 5.75 Å². The normalized spacial score (nSPS) is 11.9. The highest BCUT2D eigenvalue weighted by Gasteiger charge is 2.21. The molecule has 0 radical (unpaired) electrons. The van der Waals surface area contributed by atoms with Gasteiger partial charge in [-0.3, -0.25) is 4.79 Å². The minimum Gasteiger partial charge on any atom is -0.481 e. The number of carbonyl (C=O) groups excluding carboxylic acids is 3. The van der Waals surface area contributed by atoms with Gasteiger partial charge in [-0.25, -0.2) is 9.59 Å². The molecular weight excluding hydrogens is 386 g/mol. The van der Waals surface area contributed by atoms with Gasteiger partial charge in [0.15, 0.2) is 6.10 Å². The molecule has 30 heavy (non-hydrogen) atoms. The molecule has 1 atom stereocenters. The van der Waals surface area contributed by atoms with Crippen molar-refractivity contribution in [3.8, 4) is 5.75 Å². The lowest BCUT2D eigenvalue weighted by Crippen LogP contribution is -2.31. The molecule has 0 heterocycles. The Balaban J connectivity index is 2.19. The monoisotopic (exact) mass is 413 g/mol. The van der Waals surface area contributed by atoms with Crippen molar-refractivity contribution in [3.05, 3.63) is 59.2 Å². The zero-order valence-electron chi connectivity index (χ0n) is 18.1. The van der Waals surface area contributed by atoms with Gasteiger partial charge in [-0.1, -0.05) is 32.9 Å². The van der Waals surface area contributed by atoms with Gasteiger partial charge in [-0.15, -0.1) is 0 Å². The molecule has 1 amide bonds. The van der Waals surface area contributed by atoms with Crippen LogP contribution in [0.5, 0.6) is 5.75 Å². The largest absolute Gasteiger partial charge is 0.481 e. The number of ether oxygens (including phenoxy) is 3. The smallest absolute Gasteiger partial charge is 0.339 e. The van der Waals surface area contributed by atoms with E-state index in [2.05, 4.69) is 26.1 Å². The Morgan fingerprint density at radius 3 is 2.03 bits per heavy atom. The third kappa shape index (κ3) is 5.59. The predicted molar refractivity (Wildman–Crippen MR) is 113 cm³/mol. The van der Waals surface area contributed by atoms with Crippen LogP contribution >= 0.6 is 0 Å². The zero-order valence-corrected chi connectivity index (χ0v) is 18.1. The van der Waals surface area contributed by atoms with E-state index in [1.165, 1.54) is 32.4 Å². The van der Waals surface area contributed by atoms with Crippen molar-refractivity contribution in [2.75, 3.05) is 19.5 Å². The molecule has 0 aliphatic rings. The minimum absolute atomic E-state index is 0.0104. The van der Waals surface area contributed by atoms with Gasteiger partial charge in [-0.2, -0.15) is 0 Å². The lowest BCUT2D eigenvalue weighted by atomic mass is 9.87. The fourth-order valence-electron chi connectivity index (χ4n) is 2.71. The number of hydrogen-bond donors (Lipinski definition) is 1. The van der Waals surface area contributed by atoms with Gasteiger partial charge < -0.3 is 19.5 Å². The van der Waals surface area contributed by atoms with Crippen LogP contribution in [0.4, 0.5) is 5.69 Å². The summed E-state index contributed by atoms with van der Waals surface area (Å²) in [5.41, 5.74) is 1.59. The summed E-state index contributed by atoms with van der Waals surface area (Å²) < 4.78 is 15.2. The minimum atomic E-state index is -0.849. The Morgan fingerprint density at radius 1 is 0.900 bits per heavy atom. The molecule has 0 aromatic heterocycles. The van der Waals surface area contributed by atoms with E-state index in [1.807, 2.05) is 24.3 Å². The molecule has 0 saturated carbocycles. The lowest BCUT2D eigenvalue weighted by Gasteiger charge is -2.20. The molecule has 7 heteroatoms. The van der Waals surface area contributed by atoms with Gasteiger partial charge in [0.25, 0.3) is 5.91 Å². The van der Waals surface area contributed by atoms with Crippen LogP contribution in [0.15, 0.2) is 42.5 Å². The van der Waals surface area contributed by atoms with Crippen LogP contribution < -0.4 is 10.1 Å². The summed E-state index contributed by atoms with van der Waals surface area (Å²) in [4.78, 5) is 36.5. The van der Waals surface area contributed by atoms with Crippen LogP contribution in [0.2, 0.25) is 0 Å². The van der Waals surface area contributed by atoms with Crippen LogP contribution in [0.3, 0.4) is 0 Å². The standard InChI is InChI=1S/C23H27NO6/c1-14(30-17-10-8-16(9-11-17)23(2,3)4)20(25)24-19-13-15(21(26)28-5)7-12-18(19)22(27)29-6/h7-14H,1-6H3,(H,24,25)/t14-/m0/s1. The van der Waals surface area contributed by atoms with Crippen molar-refractivity contribution < 1.29 is 28.6 Å². The molecule has 2 rings (SSSR count).